The lowest BCUT2D eigenvalue weighted by atomic mass is 9.84. The number of ether oxygens (including phenoxy) is 1. The molecule has 1 saturated carbocycles. The van der Waals surface area contributed by atoms with E-state index in [1.165, 1.54) is 18.3 Å². The van der Waals surface area contributed by atoms with E-state index >= 15 is 0 Å². The number of benzene rings is 1. The summed E-state index contributed by atoms with van der Waals surface area (Å²) in [6.07, 6.45) is -7.10. The number of thioether (sulfide) groups is 1. The normalized spacial score (nSPS) is 26.2. The molecule has 0 radical (unpaired) electrons. The summed E-state index contributed by atoms with van der Waals surface area (Å²) in [6.45, 7) is 0. The van der Waals surface area contributed by atoms with Crippen molar-refractivity contribution >= 4 is 22.7 Å². The van der Waals surface area contributed by atoms with E-state index in [0.29, 0.717) is 10.4 Å². The Bertz CT molecular complexity index is 1040. The molecule has 164 valence electrons. The Labute approximate surface area is 177 Å². The fourth-order valence-corrected chi connectivity index (χ4v) is 4.17. The summed E-state index contributed by atoms with van der Waals surface area (Å²) in [5.41, 5.74) is 16.9. The molecule has 1 aliphatic carbocycles. The van der Waals surface area contributed by atoms with Crippen molar-refractivity contribution in [1.29, 1.82) is 0 Å². The number of pyridine rings is 1. The Kier molecular flexibility index (Phi) is 7.11. The summed E-state index contributed by atoms with van der Waals surface area (Å²) in [4.78, 5) is 9.83. The third-order valence-electron chi connectivity index (χ3n) is 4.85. The number of fused-ring (bicyclic) bond motifs is 1. The average molecular weight is 455 g/mol. The molecule has 3 rings (SSSR count). The summed E-state index contributed by atoms with van der Waals surface area (Å²) in [5, 5.41) is 27.7. The van der Waals surface area contributed by atoms with Crippen molar-refractivity contribution in [2.75, 3.05) is 5.94 Å². The van der Waals surface area contributed by atoms with Crippen LogP contribution in [0.2, 0.25) is 0 Å². The molecule has 10 nitrogen and oxygen atoms in total. The van der Waals surface area contributed by atoms with Gasteiger partial charge in [-0.3, -0.25) is 4.98 Å². The summed E-state index contributed by atoms with van der Waals surface area (Å²) in [6, 6.07) is 2.85. The highest BCUT2D eigenvalue weighted by Gasteiger charge is 2.43. The molecule has 0 saturated heterocycles. The quantitative estimate of drug-likeness (QED) is 0.219. The van der Waals surface area contributed by atoms with Crippen molar-refractivity contribution in [3.63, 3.8) is 0 Å². The number of hydrogen-bond acceptors (Lipinski definition) is 7. The van der Waals surface area contributed by atoms with Gasteiger partial charge < -0.3 is 14.9 Å². The van der Waals surface area contributed by atoms with E-state index in [1.54, 1.807) is 0 Å². The highest BCUT2D eigenvalue weighted by Crippen LogP contribution is 2.35. The van der Waals surface area contributed by atoms with Crippen LogP contribution in [0.1, 0.15) is 12.0 Å². The molecule has 14 heteroatoms. The van der Waals surface area contributed by atoms with Crippen LogP contribution in [0, 0.1) is 0 Å². The van der Waals surface area contributed by atoms with Crippen LogP contribution in [-0.2, 0) is 10.9 Å². The van der Waals surface area contributed by atoms with Crippen molar-refractivity contribution in [2.45, 2.75) is 47.9 Å². The molecule has 2 N–H and O–H groups in total. The van der Waals surface area contributed by atoms with Gasteiger partial charge in [0.05, 0.1) is 41.3 Å². The van der Waals surface area contributed by atoms with Crippen LogP contribution >= 0.6 is 11.8 Å². The van der Waals surface area contributed by atoms with Crippen molar-refractivity contribution in [1.82, 2.24) is 4.98 Å². The summed E-state index contributed by atoms with van der Waals surface area (Å²) < 4.78 is 44.8. The molecule has 0 amide bonds. The van der Waals surface area contributed by atoms with E-state index in [4.69, 9.17) is 15.8 Å². The maximum atomic E-state index is 13.1. The topological polar surface area (TPSA) is 160 Å². The van der Waals surface area contributed by atoms with Gasteiger partial charge in [-0.25, -0.2) is 0 Å². The van der Waals surface area contributed by atoms with Crippen LogP contribution in [0.3, 0.4) is 0 Å². The highest BCUT2D eigenvalue weighted by molar-refractivity contribution is 7.99. The molecular weight excluding hydrogens is 439 g/mol. The highest BCUT2D eigenvalue weighted by atomic mass is 32.2. The molecule has 31 heavy (non-hydrogen) atoms. The summed E-state index contributed by atoms with van der Waals surface area (Å²) in [7, 11) is 0. The molecular formula is C17H16F3N7O3S. The molecule has 0 unspecified atom stereocenters. The minimum atomic E-state index is -4.50. The summed E-state index contributed by atoms with van der Waals surface area (Å²) >= 11 is 1.06. The minimum absolute atomic E-state index is 0.0329. The Morgan fingerprint density at radius 2 is 1.84 bits per heavy atom. The smallest absolute Gasteiger partial charge is 0.390 e. The molecule has 1 fully saturated rings. The number of aliphatic hydroxyl groups excluding tert-OH is 2. The van der Waals surface area contributed by atoms with Crippen LogP contribution in [-0.4, -0.2) is 51.5 Å². The van der Waals surface area contributed by atoms with Crippen LogP contribution in [0.15, 0.2) is 45.6 Å². The van der Waals surface area contributed by atoms with E-state index in [1.807, 2.05) is 0 Å². The predicted molar refractivity (Wildman–Crippen MR) is 105 cm³/mol. The van der Waals surface area contributed by atoms with Gasteiger partial charge in [-0.1, -0.05) is 22.0 Å². The zero-order chi connectivity index (χ0) is 22.6. The monoisotopic (exact) mass is 455 g/mol. The molecule has 1 heterocycles. The molecule has 1 aromatic heterocycles. The van der Waals surface area contributed by atoms with E-state index < -0.39 is 42.1 Å². The minimum Gasteiger partial charge on any atom is -0.390 e. The molecule has 1 aromatic carbocycles. The Morgan fingerprint density at radius 3 is 2.52 bits per heavy atom. The van der Waals surface area contributed by atoms with Crippen LogP contribution < -0.4 is 0 Å². The average Bonchev–Trinajstić information content (AvgIpc) is 2.73. The van der Waals surface area contributed by atoms with E-state index in [2.05, 4.69) is 25.0 Å². The van der Waals surface area contributed by atoms with Crippen LogP contribution in [0.5, 0.6) is 0 Å². The number of rotatable bonds is 6. The SMILES string of the molecule is [N-]=[N+]=N[C@H]1C[C@@H](N=[N+]=[N-])[C@H](O)[C@@H](O)[C@@H]1OCSc1ccnc2ccc(C(F)(F)F)cc12. The van der Waals surface area contributed by atoms with Crippen molar-refractivity contribution in [3.05, 3.63) is 56.9 Å². The van der Waals surface area contributed by atoms with Crippen molar-refractivity contribution in [2.24, 2.45) is 10.2 Å². The van der Waals surface area contributed by atoms with Gasteiger partial charge in [-0.05, 0) is 41.7 Å². The second kappa shape index (κ2) is 9.60. The van der Waals surface area contributed by atoms with Gasteiger partial charge in [-0.15, -0.1) is 0 Å². The maximum absolute atomic E-state index is 13.1. The Balaban J connectivity index is 1.77. The van der Waals surface area contributed by atoms with Crippen molar-refractivity contribution in [3.8, 4) is 0 Å². The van der Waals surface area contributed by atoms with Gasteiger partial charge in [0.25, 0.3) is 0 Å². The first-order chi connectivity index (χ1) is 14.8. The zero-order valence-corrected chi connectivity index (χ0v) is 16.5. The predicted octanol–water partition coefficient (Wildman–Crippen LogP) is 4.17. The van der Waals surface area contributed by atoms with Crippen LogP contribution in [0.4, 0.5) is 13.2 Å². The number of aromatic nitrogens is 1. The van der Waals surface area contributed by atoms with E-state index in [9.17, 15) is 23.4 Å². The van der Waals surface area contributed by atoms with Gasteiger partial charge in [0.2, 0.25) is 0 Å². The molecule has 0 bridgehead atoms. The fourth-order valence-electron chi connectivity index (χ4n) is 3.34. The number of halogens is 3. The third-order valence-corrected chi connectivity index (χ3v) is 5.77. The second-order valence-electron chi connectivity index (χ2n) is 6.69. The molecule has 5 atom stereocenters. The second-order valence-corrected chi connectivity index (χ2v) is 7.66. The number of alkyl halides is 3. The fraction of sp³-hybridized carbons (Fsp3) is 0.471. The Morgan fingerprint density at radius 1 is 1.13 bits per heavy atom. The van der Waals surface area contributed by atoms with Gasteiger partial charge in [0, 0.05) is 26.3 Å². The van der Waals surface area contributed by atoms with Gasteiger partial charge in [0.1, 0.15) is 6.10 Å². The summed E-state index contributed by atoms with van der Waals surface area (Å²) in [5.74, 6) is -0.118. The zero-order valence-electron chi connectivity index (χ0n) is 15.7. The number of azide groups is 2. The number of hydrogen-bond donors (Lipinski definition) is 2. The lowest BCUT2D eigenvalue weighted by Gasteiger charge is -2.39. The largest absolute Gasteiger partial charge is 0.416 e. The first-order valence-electron chi connectivity index (χ1n) is 8.91. The maximum Gasteiger partial charge on any atom is 0.416 e. The van der Waals surface area contributed by atoms with Gasteiger partial charge >= 0.3 is 6.18 Å². The molecule has 2 aromatic rings. The van der Waals surface area contributed by atoms with Gasteiger partial charge in [0.15, 0.2) is 0 Å². The van der Waals surface area contributed by atoms with Gasteiger partial charge in [-0.2, -0.15) is 13.2 Å². The Hall–Kier alpha value is -2.73. The number of aliphatic hydroxyl groups is 2. The molecule has 1 aliphatic rings. The molecule has 0 spiro atoms. The van der Waals surface area contributed by atoms with Crippen LogP contribution in [0.25, 0.3) is 31.8 Å². The lowest BCUT2D eigenvalue weighted by Crippen LogP contribution is -2.55. The van der Waals surface area contributed by atoms with E-state index in [-0.39, 0.29) is 17.7 Å². The molecule has 0 aliphatic heterocycles. The number of nitrogens with zero attached hydrogens (tertiary/aromatic N) is 7. The standard InChI is InChI=1S/C17H16F3N7O3S/c18-17(19,20)8-1-2-10-9(5-8)13(3-4-23-10)31-7-30-16-12(25-27-22)6-11(24-26-21)14(28)15(16)29/h1-5,11-12,14-16,28-29H,6-7H2/t11-,12+,14+,15-,16-/m1/s1. The van der Waals surface area contributed by atoms with Crippen molar-refractivity contribution < 1.29 is 28.1 Å². The first-order valence-corrected chi connectivity index (χ1v) is 9.89. The third kappa shape index (κ3) is 5.13. The lowest BCUT2D eigenvalue weighted by molar-refractivity contribution is -0.137. The van der Waals surface area contributed by atoms with E-state index in [0.717, 1.165) is 23.9 Å². The first kappa shape index (κ1) is 22.9.